The number of nitrogens with zero attached hydrogens (tertiary/aromatic N) is 2. The lowest BCUT2D eigenvalue weighted by Gasteiger charge is -2.37. The van der Waals surface area contributed by atoms with E-state index in [-0.39, 0.29) is 29.4 Å². The van der Waals surface area contributed by atoms with Crippen LogP contribution in [0, 0.1) is 0 Å². The molecule has 142 valence electrons. The summed E-state index contributed by atoms with van der Waals surface area (Å²) in [6, 6.07) is -0.543. The average molecular weight is 353 g/mol. The minimum Gasteiger partial charge on any atom is -0.350 e. The van der Waals surface area contributed by atoms with Gasteiger partial charge in [-0.1, -0.05) is 0 Å². The van der Waals surface area contributed by atoms with E-state index in [1.165, 1.54) is 0 Å². The molecule has 1 aliphatic carbocycles. The minimum atomic E-state index is -0.406. The third-order valence-corrected chi connectivity index (χ3v) is 4.36. The SMILES string of the molecule is C[C@H](C(=O)NC(=O)NC1CC1)N1CCN(CC(=O)NC(C)(C)C)CC1. The number of piperazine rings is 1. The molecule has 0 aromatic rings. The van der Waals surface area contributed by atoms with Crippen molar-refractivity contribution < 1.29 is 14.4 Å². The zero-order valence-corrected chi connectivity index (χ0v) is 15.7. The molecule has 2 aliphatic rings. The molecule has 1 heterocycles. The van der Waals surface area contributed by atoms with Crippen LogP contribution in [0.2, 0.25) is 0 Å². The molecule has 2 rings (SSSR count). The maximum atomic E-state index is 12.2. The Morgan fingerprint density at radius 2 is 1.68 bits per heavy atom. The topological polar surface area (TPSA) is 93.8 Å². The van der Waals surface area contributed by atoms with Gasteiger partial charge < -0.3 is 10.6 Å². The number of carbonyl (C=O) groups excluding carboxylic acids is 3. The number of amides is 4. The summed E-state index contributed by atoms with van der Waals surface area (Å²) in [5, 5.41) is 8.11. The predicted octanol–water partition coefficient (Wildman–Crippen LogP) is -0.105. The number of rotatable bonds is 5. The van der Waals surface area contributed by atoms with Crippen LogP contribution in [0.3, 0.4) is 0 Å². The summed E-state index contributed by atoms with van der Waals surface area (Å²) in [5.74, 6) is -0.263. The molecule has 0 aromatic heterocycles. The van der Waals surface area contributed by atoms with E-state index in [9.17, 15) is 14.4 Å². The second-order valence-electron chi connectivity index (χ2n) is 8.02. The van der Waals surface area contributed by atoms with Crippen LogP contribution in [-0.4, -0.2) is 78.0 Å². The van der Waals surface area contributed by atoms with Crippen LogP contribution < -0.4 is 16.0 Å². The number of urea groups is 1. The molecule has 0 unspecified atom stereocenters. The zero-order valence-electron chi connectivity index (χ0n) is 15.7. The molecule has 0 spiro atoms. The Labute approximate surface area is 149 Å². The number of hydrogen-bond donors (Lipinski definition) is 3. The molecular weight excluding hydrogens is 322 g/mol. The summed E-state index contributed by atoms with van der Waals surface area (Å²) in [7, 11) is 0. The molecule has 1 saturated heterocycles. The molecule has 25 heavy (non-hydrogen) atoms. The Kier molecular flexibility index (Phi) is 6.40. The molecule has 0 radical (unpaired) electrons. The first-order chi connectivity index (χ1) is 11.6. The van der Waals surface area contributed by atoms with Gasteiger partial charge in [0.15, 0.2) is 0 Å². The lowest BCUT2D eigenvalue weighted by atomic mass is 10.1. The van der Waals surface area contributed by atoms with E-state index in [1.807, 2.05) is 32.6 Å². The molecule has 4 amide bonds. The van der Waals surface area contributed by atoms with E-state index < -0.39 is 6.03 Å². The third kappa shape index (κ3) is 6.99. The highest BCUT2D eigenvalue weighted by Crippen LogP contribution is 2.18. The maximum Gasteiger partial charge on any atom is 0.321 e. The van der Waals surface area contributed by atoms with Crippen molar-refractivity contribution in [2.24, 2.45) is 0 Å². The smallest absolute Gasteiger partial charge is 0.321 e. The van der Waals surface area contributed by atoms with Gasteiger partial charge in [0.25, 0.3) is 0 Å². The fraction of sp³-hybridized carbons (Fsp3) is 0.824. The van der Waals surface area contributed by atoms with Crippen LogP contribution in [0.5, 0.6) is 0 Å². The predicted molar refractivity (Wildman–Crippen MR) is 95.1 cm³/mol. The van der Waals surface area contributed by atoms with Gasteiger partial charge in [-0.3, -0.25) is 24.7 Å². The molecule has 3 N–H and O–H groups in total. The van der Waals surface area contributed by atoms with Crippen molar-refractivity contribution in [1.82, 2.24) is 25.8 Å². The van der Waals surface area contributed by atoms with Gasteiger partial charge in [0.2, 0.25) is 11.8 Å². The van der Waals surface area contributed by atoms with Gasteiger partial charge in [0, 0.05) is 37.8 Å². The summed E-state index contributed by atoms with van der Waals surface area (Å²) < 4.78 is 0. The molecule has 8 nitrogen and oxygen atoms in total. The fourth-order valence-corrected chi connectivity index (χ4v) is 2.80. The van der Waals surface area contributed by atoms with Crippen LogP contribution >= 0.6 is 0 Å². The van der Waals surface area contributed by atoms with E-state index in [0.29, 0.717) is 19.6 Å². The van der Waals surface area contributed by atoms with Gasteiger partial charge in [-0.05, 0) is 40.5 Å². The third-order valence-electron chi connectivity index (χ3n) is 4.36. The summed E-state index contributed by atoms with van der Waals surface area (Å²) in [5.41, 5.74) is -0.230. The summed E-state index contributed by atoms with van der Waals surface area (Å²) in [4.78, 5) is 40.0. The first-order valence-electron chi connectivity index (χ1n) is 9.03. The van der Waals surface area contributed by atoms with Crippen molar-refractivity contribution in [3.05, 3.63) is 0 Å². The lowest BCUT2D eigenvalue weighted by molar-refractivity contribution is -0.127. The van der Waals surface area contributed by atoms with Gasteiger partial charge >= 0.3 is 6.03 Å². The summed E-state index contributed by atoms with van der Waals surface area (Å²) in [6.07, 6.45) is 1.98. The number of hydrogen-bond acceptors (Lipinski definition) is 5. The Balaban J connectivity index is 1.70. The Morgan fingerprint density at radius 1 is 1.08 bits per heavy atom. The quantitative estimate of drug-likeness (QED) is 0.641. The highest BCUT2D eigenvalue weighted by molar-refractivity contribution is 5.97. The highest BCUT2D eigenvalue weighted by Gasteiger charge is 2.29. The van der Waals surface area contributed by atoms with Gasteiger partial charge in [-0.25, -0.2) is 4.79 Å². The van der Waals surface area contributed by atoms with Gasteiger partial charge in [-0.15, -0.1) is 0 Å². The van der Waals surface area contributed by atoms with Crippen LogP contribution in [0.1, 0.15) is 40.5 Å². The van der Waals surface area contributed by atoms with E-state index in [2.05, 4.69) is 20.9 Å². The molecule has 2 fully saturated rings. The van der Waals surface area contributed by atoms with Crippen molar-refractivity contribution in [3.63, 3.8) is 0 Å². The van der Waals surface area contributed by atoms with Crippen molar-refractivity contribution in [2.45, 2.75) is 58.2 Å². The molecule has 0 aromatic carbocycles. The normalized spacial score (nSPS) is 20.6. The summed E-state index contributed by atoms with van der Waals surface area (Å²) >= 11 is 0. The lowest BCUT2D eigenvalue weighted by Crippen LogP contribution is -2.57. The van der Waals surface area contributed by atoms with E-state index >= 15 is 0 Å². The Bertz CT molecular complexity index is 505. The van der Waals surface area contributed by atoms with Gasteiger partial charge in [0.05, 0.1) is 12.6 Å². The van der Waals surface area contributed by atoms with Crippen LogP contribution in [0.25, 0.3) is 0 Å². The van der Waals surface area contributed by atoms with Crippen molar-refractivity contribution in [3.8, 4) is 0 Å². The number of nitrogens with one attached hydrogen (secondary N) is 3. The maximum absolute atomic E-state index is 12.2. The molecule has 1 atom stereocenters. The van der Waals surface area contributed by atoms with Crippen molar-refractivity contribution >= 4 is 17.8 Å². The van der Waals surface area contributed by atoms with Gasteiger partial charge in [0.1, 0.15) is 0 Å². The molecule has 1 saturated carbocycles. The second kappa shape index (κ2) is 8.14. The van der Waals surface area contributed by atoms with E-state index in [4.69, 9.17) is 0 Å². The Hall–Kier alpha value is -1.67. The largest absolute Gasteiger partial charge is 0.350 e. The van der Waals surface area contributed by atoms with Crippen LogP contribution in [0.4, 0.5) is 4.79 Å². The molecular formula is C17H31N5O3. The first kappa shape index (κ1) is 19.7. The number of imide groups is 1. The standard InChI is InChI=1S/C17H31N5O3/c1-12(15(24)19-16(25)18-13-5-6-13)22-9-7-21(8-10-22)11-14(23)20-17(2,3)4/h12-13H,5-11H2,1-4H3,(H,20,23)(H2,18,19,24,25)/t12-/m1/s1. The van der Waals surface area contributed by atoms with Crippen molar-refractivity contribution in [2.75, 3.05) is 32.7 Å². The average Bonchev–Trinajstić information content (AvgIpc) is 3.28. The van der Waals surface area contributed by atoms with E-state index in [0.717, 1.165) is 25.9 Å². The van der Waals surface area contributed by atoms with Crippen LogP contribution in [-0.2, 0) is 9.59 Å². The van der Waals surface area contributed by atoms with Crippen LogP contribution in [0.15, 0.2) is 0 Å². The van der Waals surface area contributed by atoms with Crippen molar-refractivity contribution in [1.29, 1.82) is 0 Å². The molecule has 8 heteroatoms. The summed E-state index contributed by atoms with van der Waals surface area (Å²) in [6.45, 7) is 10.9. The minimum absolute atomic E-state index is 0.0171. The zero-order chi connectivity index (χ0) is 18.6. The Morgan fingerprint density at radius 3 is 2.20 bits per heavy atom. The second-order valence-corrected chi connectivity index (χ2v) is 8.02. The highest BCUT2D eigenvalue weighted by atomic mass is 16.2. The number of carbonyl (C=O) groups is 3. The molecule has 0 bridgehead atoms. The van der Waals surface area contributed by atoms with Gasteiger partial charge in [-0.2, -0.15) is 0 Å². The monoisotopic (exact) mass is 353 g/mol. The molecule has 1 aliphatic heterocycles. The van der Waals surface area contributed by atoms with E-state index in [1.54, 1.807) is 0 Å². The first-order valence-corrected chi connectivity index (χ1v) is 9.03. The fourth-order valence-electron chi connectivity index (χ4n) is 2.80.